The SMILES string of the molecule is FC(F)=CCCc1ccc(-c2cc(F)c(OC(F)(F)c3cc(F)c(-c4ccc(-c5cc(F)c(OC(F)(F)F)c(F)c5)c(F)c4)c(Cl)c3)c(F)c2)cc1. The predicted octanol–water partition coefficient (Wildman–Crippen LogP) is 12.9. The molecule has 0 amide bonds. The lowest BCUT2D eigenvalue weighted by atomic mass is 9.98. The Morgan fingerprint density at radius 1 is 0.577 bits per heavy atom. The molecule has 0 aliphatic heterocycles. The van der Waals surface area contributed by atoms with Gasteiger partial charge in [-0.25, -0.2) is 26.3 Å². The first-order valence-electron chi connectivity index (χ1n) is 14.5. The number of hydrogen-bond donors (Lipinski definition) is 0. The molecule has 0 radical (unpaired) electrons. The molecular weight excluding hydrogens is 747 g/mol. The van der Waals surface area contributed by atoms with E-state index < -0.39 is 92.2 Å². The van der Waals surface area contributed by atoms with Crippen LogP contribution in [0.25, 0.3) is 33.4 Å². The van der Waals surface area contributed by atoms with Gasteiger partial charge in [-0.1, -0.05) is 48.0 Å². The maximum absolute atomic E-state index is 15.3. The lowest BCUT2D eigenvalue weighted by Gasteiger charge is -2.21. The van der Waals surface area contributed by atoms with E-state index >= 15 is 17.6 Å². The van der Waals surface area contributed by atoms with Crippen molar-refractivity contribution in [1.82, 2.24) is 0 Å². The minimum atomic E-state index is -5.43. The van der Waals surface area contributed by atoms with Crippen molar-refractivity contribution in [1.29, 1.82) is 0 Å². The second-order valence-electron chi connectivity index (χ2n) is 10.9. The molecule has 16 heteroatoms. The molecule has 0 aliphatic rings. The largest absolute Gasteiger partial charge is 0.573 e. The van der Waals surface area contributed by atoms with Crippen molar-refractivity contribution in [2.24, 2.45) is 0 Å². The summed E-state index contributed by atoms with van der Waals surface area (Å²) in [6.07, 6.45) is -10.8. The van der Waals surface area contributed by atoms with Crippen LogP contribution in [0.4, 0.5) is 57.1 Å². The van der Waals surface area contributed by atoms with Crippen LogP contribution in [-0.4, -0.2) is 6.36 Å². The summed E-state index contributed by atoms with van der Waals surface area (Å²) >= 11 is 6.06. The highest BCUT2D eigenvalue weighted by Crippen LogP contribution is 2.41. The monoisotopic (exact) mass is 764 g/mol. The van der Waals surface area contributed by atoms with Gasteiger partial charge in [0.15, 0.2) is 29.0 Å². The molecule has 0 aliphatic carbocycles. The van der Waals surface area contributed by atoms with Crippen molar-refractivity contribution in [3.63, 3.8) is 0 Å². The van der Waals surface area contributed by atoms with E-state index in [0.717, 1.165) is 18.2 Å². The van der Waals surface area contributed by atoms with Crippen molar-refractivity contribution >= 4 is 11.6 Å². The molecule has 0 N–H and O–H groups in total. The molecule has 0 saturated carbocycles. The first-order valence-corrected chi connectivity index (χ1v) is 14.9. The van der Waals surface area contributed by atoms with Gasteiger partial charge in [-0.3, -0.25) is 0 Å². The van der Waals surface area contributed by atoms with Gasteiger partial charge in [0.1, 0.15) is 11.6 Å². The normalized spacial score (nSPS) is 11.8. The molecule has 0 bridgehead atoms. The molecule has 52 heavy (non-hydrogen) atoms. The maximum Gasteiger partial charge on any atom is 0.573 e. The minimum absolute atomic E-state index is 0.0503. The molecule has 5 rings (SSSR count). The Kier molecular flexibility index (Phi) is 10.8. The molecule has 5 aromatic carbocycles. The van der Waals surface area contributed by atoms with Gasteiger partial charge in [0.05, 0.1) is 10.6 Å². The summed E-state index contributed by atoms with van der Waals surface area (Å²) in [6.45, 7) is 0. The van der Waals surface area contributed by atoms with Gasteiger partial charge >= 0.3 is 12.5 Å². The van der Waals surface area contributed by atoms with E-state index in [2.05, 4.69) is 9.47 Å². The van der Waals surface area contributed by atoms with Crippen LogP contribution in [-0.2, 0) is 12.5 Å². The third-order valence-corrected chi connectivity index (χ3v) is 7.71. The number of allylic oxidation sites excluding steroid dienone is 1. The Morgan fingerprint density at radius 2 is 1.10 bits per heavy atom. The van der Waals surface area contributed by atoms with E-state index in [-0.39, 0.29) is 35.6 Å². The number of alkyl halides is 5. The molecular formula is C36H18ClF13O2. The highest BCUT2D eigenvalue weighted by atomic mass is 35.5. The van der Waals surface area contributed by atoms with Gasteiger partial charge in [-0.2, -0.15) is 17.6 Å². The third-order valence-electron chi connectivity index (χ3n) is 7.41. The molecule has 0 spiro atoms. The first-order chi connectivity index (χ1) is 24.3. The number of halogens is 14. The molecule has 0 heterocycles. The van der Waals surface area contributed by atoms with Crippen LogP contribution >= 0.6 is 11.6 Å². The van der Waals surface area contributed by atoms with Crippen molar-refractivity contribution in [2.45, 2.75) is 25.3 Å². The third kappa shape index (κ3) is 8.64. The summed E-state index contributed by atoms with van der Waals surface area (Å²) in [5, 5.41) is -0.748. The van der Waals surface area contributed by atoms with Crippen molar-refractivity contribution < 1.29 is 66.5 Å². The molecule has 0 saturated heterocycles. The summed E-state index contributed by atoms with van der Waals surface area (Å²) < 4.78 is 188. The molecule has 5 aromatic rings. The maximum atomic E-state index is 15.3. The van der Waals surface area contributed by atoms with E-state index in [1.807, 2.05) is 0 Å². The average molecular weight is 765 g/mol. The fourth-order valence-corrected chi connectivity index (χ4v) is 5.39. The number of ether oxygens (including phenoxy) is 2. The van der Waals surface area contributed by atoms with E-state index in [9.17, 15) is 39.5 Å². The Labute approximate surface area is 290 Å². The zero-order valence-corrected chi connectivity index (χ0v) is 26.4. The highest BCUT2D eigenvalue weighted by molar-refractivity contribution is 6.33. The van der Waals surface area contributed by atoms with Crippen molar-refractivity contribution in [3.05, 3.63) is 142 Å². The number of benzene rings is 5. The second kappa shape index (κ2) is 14.8. The Hall–Kier alpha value is -5.18. The Morgan fingerprint density at radius 3 is 1.62 bits per heavy atom. The smallest absolute Gasteiger partial charge is 0.423 e. The van der Waals surface area contributed by atoms with Crippen molar-refractivity contribution in [2.75, 3.05) is 0 Å². The number of rotatable bonds is 10. The number of hydrogen-bond acceptors (Lipinski definition) is 2. The fraction of sp³-hybridized carbons (Fsp3) is 0.111. The summed E-state index contributed by atoms with van der Waals surface area (Å²) in [5.74, 6) is -12.8. The van der Waals surface area contributed by atoms with E-state index in [1.165, 1.54) is 24.3 Å². The summed E-state index contributed by atoms with van der Waals surface area (Å²) in [6, 6.07) is 11.2. The van der Waals surface area contributed by atoms with Crippen LogP contribution in [0.1, 0.15) is 17.5 Å². The van der Waals surface area contributed by atoms with Crippen LogP contribution in [0.2, 0.25) is 5.02 Å². The van der Waals surface area contributed by atoms with E-state index in [0.29, 0.717) is 42.0 Å². The zero-order valence-electron chi connectivity index (χ0n) is 25.6. The molecule has 2 nitrogen and oxygen atoms in total. The standard InChI is InChI=1S/C36H18ClF13O2/c37-24-15-22(35(46,47)51-33-27(40)11-20(12-28(33)41)18-6-4-17(5-7-18)2-1-3-31(44)45)16-26(39)32(24)19-8-9-23(25(38)10-19)21-13-29(42)34(30(43)14-21)52-36(48,49)50/h3-16H,1-2H2. The molecule has 0 aromatic heterocycles. The fourth-order valence-electron chi connectivity index (χ4n) is 5.07. The van der Waals surface area contributed by atoms with E-state index in [4.69, 9.17) is 11.6 Å². The van der Waals surface area contributed by atoms with Crippen LogP contribution in [0.15, 0.2) is 91.0 Å². The molecule has 0 fully saturated rings. The van der Waals surface area contributed by atoms with E-state index in [1.54, 1.807) is 0 Å². The van der Waals surface area contributed by atoms with Crippen LogP contribution in [0, 0.1) is 34.9 Å². The first kappa shape index (κ1) is 38.1. The average Bonchev–Trinajstić information content (AvgIpc) is 3.04. The minimum Gasteiger partial charge on any atom is -0.423 e. The molecule has 0 atom stereocenters. The van der Waals surface area contributed by atoms with Crippen LogP contribution in [0.5, 0.6) is 11.5 Å². The Balaban J connectivity index is 1.37. The van der Waals surface area contributed by atoms with Gasteiger partial charge in [0, 0.05) is 11.1 Å². The predicted molar refractivity (Wildman–Crippen MR) is 164 cm³/mol. The van der Waals surface area contributed by atoms with Gasteiger partial charge in [0.25, 0.3) is 6.08 Å². The van der Waals surface area contributed by atoms with Crippen LogP contribution in [0.3, 0.4) is 0 Å². The summed E-state index contributed by atoms with van der Waals surface area (Å²) in [4.78, 5) is 0. The summed E-state index contributed by atoms with van der Waals surface area (Å²) in [5.41, 5.74) is -2.62. The van der Waals surface area contributed by atoms with Gasteiger partial charge < -0.3 is 9.47 Å². The lowest BCUT2D eigenvalue weighted by Crippen LogP contribution is -2.23. The van der Waals surface area contributed by atoms with Gasteiger partial charge in [0.2, 0.25) is 5.75 Å². The zero-order chi connectivity index (χ0) is 38.1. The van der Waals surface area contributed by atoms with Crippen LogP contribution < -0.4 is 9.47 Å². The van der Waals surface area contributed by atoms with Gasteiger partial charge in [-0.05, 0) is 89.2 Å². The Bertz CT molecular complexity index is 2090. The highest BCUT2D eigenvalue weighted by Gasteiger charge is 2.39. The van der Waals surface area contributed by atoms with Gasteiger partial charge in [-0.15, -0.1) is 13.2 Å². The second-order valence-corrected chi connectivity index (χ2v) is 11.4. The summed E-state index contributed by atoms with van der Waals surface area (Å²) in [7, 11) is 0. The van der Waals surface area contributed by atoms with Crippen molar-refractivity contribution in [3.8, 4) is 44.9 Å². The number of aryl methyl sites for hydroxylation is 1. The molecule has 272 valence electrons. The topological polar surface area (TPSA) is 18.5 Å². The molecule has 0 unspecified atom stereocenters. The lowest BCUT2D eigenvalue weighted by molar-refractivity contribution is -0.276. The quantitative estimate of drug-likeness (QED) is 0.132.